The van der Waals surface area contributed by atoms with E-state index < -0.39 is 0 Å². The van der Waals surface area contributed by atoms with Gasteiger partial charge >= 0.3 is 0 Å². The minimum absolute atomic E-state index is 0.137. The fourth-order valence-electron chi connectivity index (χ4n) is 3.51. The second-order valence-electron chi connectivity index (χ2n) is 6.87. The van der Waals surface area contributed by atoms with E-state index >= 15 is 0 Å². The van der Waals surface area contributed by atoms with Crippen LogP contribution in [0.15, 0.2) is 42.5 Å². The van der Waals surface area contributed by atoms with Gasteiger partial charge in [0.15, 0.2) is 0 Å². The van der Waals surface area contributed by atoms with Crippen molar-refractivity contribution in [1.82, 2.24) is 4.90 Å². The molecule has 1 heterocycles. The second-order valence-corrected chi connectivity index (χ2v) is 6.87. The van der Waals surface area contributed by atoms with Crippen molar-refractivity contribution in [3.05, 3.63) is 59.4 Å². The van der Waals surface area contributed by atoms with Crippen molar-refractivity contribution in [2.75, 3.05) is 17.2 Å². The van der Waals surface area contributed by atoms with Crippen LogP contribution in [-0.2, 0) is 9.59 Å². The Kier molecular flexibility index (Phi) is 5.73. The van der Waals surface area contributed by atoms with Crippen molar-refractivity contribution in [3.63, 3.8) is 0 Å². The van der Waals surface area contributed by atoms with Crippen LogP contribution in [0.25, 0.3) is 0 Å². The summed E-state index contributed by atoms with van der Waals surface area (Å²) in [5.74, 6) is -1.07. The number of nitrogens with one attached hydrogen (secondary N) is 2. The Morgan fingerprint density at radius 2 is 1.54 bits per heavy atom. The van der Waals surface area contributed by atoms with E-state index in [1.54, 1.807) is 35.2 Å². The maximum Gasteiger partial charge on any atom is 0.254 e. The first kappa shape index (κ1) is 19.5. The molecule has 0 spiro atoms. The number of hydrogen-bond acceptors (Lipinski definition) is 3. The number of anilines is 2. The largest absolute Gasteiger partial charge is 0.332 e. The van der Waals surface area contributed by atoms with Gasteiger partial charge in [0.25, 0.3) is 5.91 Å². The molecule has 1 aliphatic heterocycles. The van der Waals surface area contributed by atoms with Crippen LogP contribution in [0.3, 0.4) is 0 Å². The Morgan fingerprint density at radius 3 is 2.07 bits per heavy atom. The van der Waals surface area contributed by atoms with Crippen LogP contribution >= 0.6 is 0 Å². The molecule has 2 aromatic carbocycles. The fraction of sp³-hybridized carbons (Fsp3) is 0.286. The van der Waals surface area contributed by atoms with Gasteiger partial charge in [-0.2, -0.15) is 0 Å². The summed E-state index contributed by atoms with van der Waals surface area (Å²) in [6, 6.07) is 10.8. The zero-order valence-corrected chi connectivity index (χ0v) is 15.8. The number of likely N-dealkylation sites (tertiary alicyclic amines) is 1. The molecular weight excluding hydrogens is 361 g/mol. The average Bonchev–Trinajstić information content (AvgIpc) is 3.10. The summed E-state index contributed by atoms with van der Waals surface area (Å²) in [6.45, 7) is 3.33. The predicted molar refractivity (Wildman–Crippen MR) is 104 cm³/mol. The Morgan fingerprint density at radius 1 is 0.964 bits per heavy atom. The van der Waals surface area contributed by atoms with Crippen molar-refractivity contribution in [2.45, 2.75) is 32.7 Å². The summed E-state index contributed by atoms with van der Waals surface area (Å²) in [5.41, 5.74) is 2.11. The molecule has 1 atom stereocenters. The molecule has 28 heavy (non-hydrogen) atoms. The molecular formula is C21H22FN3O3. The fourth-order valence-corrected chi connectivity index (χ4v) is 3.51. The summed E-state index contributed by atoms with van der Waals surface area (Å²) in [4.78, 5) is 37.8. The van der Waals surface area contributed by atoms with Gasteiger partial charge in [-0.1, -0.05) is 12.1 Å². The minimum Gasteiger partial charge on any atom is -0.332 e. The number of amides is 3. The van der Waals surface area contributed by atoms with Gasteiger partial charge in [-0.3, -0.25) is 14.4 Å². The Labute approximate surface area is 162 Å². The lowest BCUT2D eigenvalue weighted by molar-refractivity contribution is -0.115. The highest BCUT2D eigenvalue weighted by Gasteiger charge is 2.31. The van der Waals surface area contributed by atoms with Gasteiger partial charge in [-0.15, -0.1) is 0 Å². The topological polar surface area (TPSA) is 78.5 Å². The van der Waals surface area contributed by atoms with E-state index in [0.29, 0.717) is 23.5 Å². The lowest BCUT2D eigenvalue weighted by Gasteiger charge is -2.25. The SMILES string of the molecule is CC(=O)Nc1cc(NC(C)=O)cc(C(=O)N2CCCC2c2ccc(F)cc2)c1. The first-order valence-electron chi connectivity index (χ1n) is 9.10. The first-order chi connectivity index (χ1) is 13.3. The highest BCUT2D eigenvalue weighted by molar-refractivity contribution is 6.00. The van der Waals surface area contributed by atoms with Crippen molar-refractivity contribution < 1.29 is 18.8 Å². The molecule has 1 saturated heterocycles. The number of carbonyl (C=O) groups excluding carboxylic acids is 3. The van der Waals surface area contributed by atoms with Crippen LogP contribution in [0.5, 0.6) is 0 Å². The summed E-state index contributed by atoms with van der Waals surface area (Å²) < 4.78 is 13.2. The second kappa shape index (κ2) is 8.21. The molecule has 3 amide bonds. The third-order valence-electron chi connectivity index (χ3n) is 4.59. The van der Waals surface area contributed by atoms with E-state index in [4.69, 9.17) is 0 Å². The van der Waals surface area contributed by atoms with E-state index in [0.717, 1.165) is 18.4 Å². The summed E-state index contributed by atoms with van der Waals surface area (Å²) in [7, 11) is 0. The molecule has 1 fully saturated rings. The number of benzene rings is 2. The van der Waals surface area contributed by atoms with Crippen LogP contribution < -0.4 is 10.6 Å². The quantitative estimate of drug-likeness (QED) is 0.845. The smallest absolute Gasteiger partial charge is 0.254 e. The van der Waals surface area contributed by atoms with Gasteiger partial charge in [0.1, 0.15) is 5.82 Å². The number of nitrogens with zero attached hydrogens (tertiary/aromatic N) is 1. The predicted octanol–water partition coefficient (Wildman–Crippen LogP) is 3.72. The maximum atomic E-state index is 13.2. The number of carbonyl (C=O) groups is 3. The molecule has 0 bridgehead atoms. The number of halogens is 1. The van der Waals surface area contributed by atoms with Crippen LogP contribution in [-0.4, -0.2) is 29.2 Å². The summed E-state index contributed by atoms with van der Waals surface area (Å²) in [6.07, 6.45) is 1.64. The van der Waals surface area contributed by atoms with Gasteiger partial charge in [-0.05, 0) is 48.7 Å². The van der Waals surface area contributed by atoms with E-state index in [-0.39, 0.29) is 29.6 Å². The van der Waals surface area contributed by atoms with E-state index in [1.165, 1.54) is 26.0 Å². The Hall–Kier alpha value is -3.22. The monoisotopic (exact) mass is 383 g/mol. The zero-order chi connectivity index (χ0) is 20.3. The van der Waals surface area contributed by atoms with Gasteiger partial charge in [0, 0.05) is 37.3 Å². The van der Waals surface area contributed by atoms with Crippen molar-refractivity contribution in [2.24, 2.45) is 0 Å². The van der Waals surface area contributed by atoms with Gasteiger partial charge < -0.3 is 15.5 Å². The van der Waals surface area contributed by atoms with E-state index in [1.807, 2.05) is 0 Å². The van der Waals surface area contributed by atoms with Crippen LogP contribution in [0.4, 0.5) is 15.8 Å². The lowest BCUT2D eigenvalue weighted by Crippen LogP contribution is -2.30. The molecule has 0 aromatic heterocycles. The van der Waals surface area contributed by atoms with Crippen molar-refractivity contribution in [1.29, 1.82) is 0 Å². The van der Waals surface area contributed by atoms with Crippen LogP contribution in [0.1, 0.15) is 48.7 Å². The summed E-state index contributed by atoms with van der Waals surface area (Å²) in [5, 5.41) is 5.30. The highest BCUT2D eigenvalue weighted by Crippen LogP contribution is 2.34. The molecule has 146 valence electrons. The van der Waals surface area contributed by atoms with Crippen molar-refractivity contribution >= 4 is 29.1 Å². The molecule has 0 aliphatic carbocycles. The van der Waals surface area contributed by atoms with Gasteiger partial charge in [-0.25, -0.2) is 4.39 Å². The number of rotatable bonds is 4. The van der Waals surface area contributed by atoms with Gasteiger partial charge in [0.05, 0.1) is 6.04 Å². The molecule has 7 heteroatoms. The summed E-state index contributed by atoms with van der Waals surface area (Å²) >= 11 is 0. The Balaban J connectivity index is 1.92. The molecule has 0 radical (unpaired) electrons. The molecule has 1 unspecified atom stereocenters. The van der Waals surface area contributed by atoms with E-state index in [9.17, 15) is 18.8 Å². The first-order valence-corrected chi connectivity index (χ1v) is 9.10. The molecule has 1 aliphatic rings. The van der Waals surface area contributed by atoms with Crippen LogP contribution in [0, 0.1) is 5.82 Å². The molecule has 3 rings (SSSR count). The molecule has 2 N–H and O–H groups in total. The molecule has 0 saturated carbocycles. The van der Waals surface area contributed by atoms with Gasteiger partial charge in [0.2, 0.25) is 11.8 Å². The standard InChI is InChI=1S/C21H22FN3O3/c1-13(26)23-18-10-16(11-19(12-18)24-14(2)27)21(28)25-9-3-4-20(25)15-5-7-17(22)8-6-15/h5-8,10-12,20H,3-4,9H2,1-2H3,(H,23,26)(H,24,27). The maximum absolute atomic E-state index is 13.2. The molecule has 6 nitrogen and oxygen atoms in total. The van der Waals surface area contributed by atoms with Crippen molar-refractivity contribution in [3.8, 4) is 0 Å². The normalized spacial score (nSPS) is 16.0. The third kappa shape index (κ3) is 4.54. The zero-order valence-electron chi connectivity index (χ0n) is 15.8. The highest BCUT2D eigenvalue weighted by atomic mass is 19.1. The Bertz CT molecular complexity index is 877. The number of hydrogen-bond donors (Lipinski definition) is 2. The lowest BCUT2D eigenvalue weighted by atomic mass is 10.0. The van der Waals surface area contributed by atoms with Crippen LogP contribution in [0.2, 0.25) is 0 Å². The third-order valence-corrected chi connectivity index (χ3v) is 4.59. The van der Waals surface area contributed by atoms with E-state index in [2.05, 4.69) is 10.6 Å². The molecule has 2 aromatic rings. The minimum atomic E-state index is -0.317. The average molecular weight is 383 g/mol.